The molecule has 11 heteroatoms. The van der Waals surface area contributed by atoms with Gasteiger partial charge in [0.15, 0.2) is 11.5 Å². The Hall–Kier alpha value is -3.70. The molecular weight excluding hydrogens is 584 g/mol. The molecule has 0 aromatic heterocycles. The molecule has 0 saturated carbocycles. The lowest BCUT2D eigenvalue weighted by molar-refractivity contribution is 0.108. The second kappa shape index (κ2) is 17.6. The number of unbranched alkanes of at least 4 members (excludes halogenated alkanes) is 7. The van der Waals surface area contributed by atoms with Crippen molar-refractivity contribution in [3.8, 4) is 28.7 Å². The summed E-state index contributed by atoms with van der Waals surface area (Å²) in [6.07, 6.45) is 9.83. The first-order valence-electron chi connectivity index (χ1n) is 14.9. The second-order valence-corrected chi connectivity index (χ2v) is 11.5. The fourth-order valence-electron chi connectivity index (χ4n) is 5.43. The van der Waals surface area contributed by atoms with Gasteiger partial charge in [0.05, 0.1) is 52.0 Å². The highest BCUT2D eigenvalue weighted by Gasteiger charge is 2.28. The van der Waals surface area contributed by atoms with Gasteiger partial charge in [0.2, 0.25) is 10.9 Å². The largest absolute Gasteiger partial charge is 0.496 e. The highest BCUT2D eigenvalue weighted by molar-refractivity contribution is 8.14. The van der Waals surface area contributed by atoms with Gasteiger partial charge in [0, 0.05) is 16.4 Å². The van der Waals surface area contributed by atoms with Crippen LogP contribution < -0.4 is 29.2 Å². The van der Waals surface area contributed by atoms with Crippen molar-refractivity contribution in [3.05, 3.63) is 46.4 Å². The van der Waals surface area contributed by atoms with Gasteiger partial charge in [-0.25, -0.2) is 0 Å². The summed E-state index contributed by atoms with van der Waals surface area (Å²) in [4.78, 5) is 25.8. The maximum Gasteiger partial charge on any atom is 0.220 e. The van der Waals surface area contributed by atoms with Gasteiger partial charge >= 0.3 is 0 Å². The number of methoxy groups -OCH3 is 5. The number of hydrogen-bond acceptors (Lipinski definition) is 11. The lowest BCUT2D eigenvalue weighted by Crippen LogP contribution is -2.06. The number of benzene rings is 3. The smallest absolute Gasteiger partial charge is 0.220 e. The van der Waals surface area contributed by atoms with E-state index in [0.717, 1.165) is 31.0 Å². The molecule has 240 valence electrons. The molecule has 0 aliphatic rings. The number of carbonyl (C=O) groups is 1. The first-order valence-corrected chi connectivity index (χ1v) is 15.8. The molecule has 0 aliphatic heterocycles. The fraction of sp³-hybridized carbons (Fsp3) is 0.485. The third kappa shape index (κ3) is 8.06. The van der Waals surface area contributed by atoms with E-state index in [1.165, 1.54) is 73.7 Å². The van der Waals surface area contributed by atoms with Crippen LogP contribution >= 0.6 is 11.8 Å². The van der Waals surface area contributed by atoms with Gasteiger partial charge < -0.3 is 23.7 Å². The molecule has 0 aliphatic carbocycles. The summed E-state index contributed by atoms with van der Waals surface area (Å²) in [5, 5.41) is 13.3. The molecule has 0 radical (unpaired) electrons. The van der Waals surface area contributed by atoms with Crippen molar-refractivity contribution in [3.63, 3.8) is 0 Å². The van der Waals surface area contributed by atoms with Crippen LogP contribution in [0.4, 0.5) is 11.4 Å². The molecule has 2 N–H and O–H groups in total. The van der Waals surface area contributed by atoms with Crippen LogP contribution in [0.25, 0.3) is 10.8 Å². The number of hydrogen-bond donors (Lipinski definition) is 2. The lowest BCUT2D eigenvalue weighted by atomic mass is 9.96. The van der Waals surface area contributed by atoms with Crippen LogP contribution in [0.1, 0.15) is 85.9 Å². The van der Waals surface area contributed by atoms with E-state index < -0.39 is 0 Å². The Morgan fingerprint density at radius 2 is 1.39 bits per heavy atom. The topological polar surface area (TPSA) is 125 Å². The van der Waals surface area contributed by atoms with E-state index in [0.29, 0.717) is 62.8 Å². The van der Waals surface area contributed by atoms with E-state index in [-0.39, 0.29) is 16.1 Å². The molecular formula is C33H44N2O8S. The average Bonchev–Trinajstić information content (AvgIpc) is 3.06. The Balaban J connectivity index is 2.07. The summed E-state index contributed by atoms with van der Waals surface area (Å²) < 4.78 is 28.0. The van der Waals surface area contributed by atoms with E-state index in [4.69, 9.17) is 23.7 Å². The SMILES string of the molecule is CCCCCCCCCCC(SC(=O)c1cc(OC)c(OC)c(OC)c1)c1cc(OC)c2c(NO)ccc(N=O)c2c1OC. The first-order chi connectivity index (χ1) is 21.4. The molecule has 1 atom stereocenters. The Labute approximate surface area is 263 Å². The van der Waals surface area contributed by atoms with E-state index in [9.17, 15) is 14.9 Å². The summed E-state index contributed by atoms with van der Waals surface area (Å²) >= 11 is 1.16. The second-order valence-electron chi connectivity index (χ2n) is 10.4. The van der Waals surface area contributed by atoms with Gasteiger partial charge in [-0.1, -0.05) is 70.1 Å². The van der Waals surface area contributed by atoms with Gasteiger partial charge in [0.25, 0.3) is 0 Å². The van der Waals surface area contributed by atoms with Crippen LogP contribution in [0.15, 0.2) is 35.5 Å². The molecule has 3 aromatic rings. The number of anilines is 1. The van der Waals surface area contributed by atoms with Crippen LogP contribution in [-0.4, -0.2) is 45.9 Å². The summed E-state index contributed by atoms with van der Waals surface area (Å²) in [5.74, 6) is 1.95. The number of nitrogens with one attached hydrogen (secondary N) is 1. The summed E-state index contributed by atoms with van der Waals surface area (Å²) in [7, 11) is 7.54. The van der Waals surface area contributed by atoms with Gasteiger partial charge in [-0.2, -0.15) is 0 Å². The van der Waals surface area contributed by atoms with Gasteiger partial charge in [0.1, 0.15) is 17.2 Å². The summed E-state index contributed by atoms with van der Waals surface area (Å²) in [6.45, 7) is 2.21. The van der Waals surface area contributed by atoms with E-state index in [1.807, 2.05) is 6.07 Å². The zero-order chi connectivity index (χ0) is 32.1. The predicted octanol–water partition coefficient (Wildman–Crippen LogP) is 9.23. The lowest BCUT2D eigenvalue weighted by Gasteiger charge is -2.23. The molecule has 3 aromatic carbocycles. The Bertz CT molecular complexity index is 1390. The van der Waals surface area contributed by atoms with Crippen molar-refractivity contribution in [2.75, 3.05) is 41.0 Å². The normalized spacial score (nSPS) is 11.6. The van der Waals surface area contributed by atoms with Crippen LogP contribution in [0.5, 0.6) is 28.7 Å². The molecule has 0 spiro atoms. The third-order valence-electron chi connectivity index (χ3n) is 7.66. The molecule has 0 amide bonds. The minimum atomic E-state index is -0.361. The van der Waals surface area contributed by atoms with Gasteiger partial charge in [-0.3, -0.25) is 15.5 Å². The summed E-state index contributed by atoms with van der Waals surface area (Å²) in [6, 6.07) is 8.12. The number of nitroso groups, excluding NO2 is 1. The quantitative estimate of drug-likeness (QED) is 0.0754. The molecule has 10 nitrogen and oxygen atoms in total. The maximum atomic E-state index is 13.9. The number of fused-ring (bicyclic) bond motifs is 1. The zero-order valence-electron chi connectivity index (χ0n) is 26.5. The highest BCUT2D eigenvalue weighted by Crippen LogP contribution is 2.51. The molecule has 0 heterocycles. The first kappa shape index (κ1) is 34.8. The molecule has 3 rings (SSSR count). The number of rotatable bonds is 19. The number of thioether (sulfide) groups is 1. The van der Waals surface area contributed by atoms with Crippen molar-refractivity contribution < 1.29 is 33.7 Å². The van der Waals surface area contributed by atoms with Crippen LogP contribution in [0.2, 0.25) is 0 Å². The average molecular weight is 629 g/mol. The Morgan fingerprint density at radius 3 is 1.91 bits per heavy atom. The van der Waals surface area contributed by atoms with Crippen molar-refractivity contribution in [1.82, 2.24) is 0 Å². The minimum absolute atomic E-state index is 0.128. The predicted molar refractivity (Wildman–Crippen MR) is 176 cm³/mol. The van der Waals surface area contributed by atoms with Crippen molar-refractivity contribution in [2.24, 2.45) is 5.18 Å². The van der Waals surface area contributed by atoms with Crippen molar-refractivity contribution >= 4 is 39.0 Å². The van der Waals surface area contributed by atoms with Gasteiger partial charge in [-0.15, -0.1) is 4.91 Å². The fourth-order valence-corrected chi connectivity index (χ4v) is 6.53. The zero-order valence-corrected chi connectivity index (χ0v) is 27.3. The molecule has 44 heavy (non-hydrogen) atoms. The van der Waals surface area contributed by atoms with Crippen LogP contribution in [-0.2, 0) is 0 Å². The number of nitrogens with zero attached hydrogens (tertiary/aromatic N) is 1. The maximum absolute atomic E-state index is 13.9. The molecule has 0 fully saturated rings. The van der Waals surface area contributed by atoms with E-state index in [2.05, 4.69) is 17.6 Å². The van der Waals surface area contributed by atoms with Crippen molar-refractivity contribution in [1.29, 1.82) is 0 Å². The third-order valence-corrected chi connectivity index (χ3v) is 8.89. The standard InChI is InChI=1S/C33H44N2O8S/c1-7-8-9-10-11-12-13-14-15-28(44-33(36)21-18-26(40-3)32(43-6)27(19-21)41-4)22-20-25(39-2)29-23(34-37)16-17-24(35-38)30(29)31(22)42-5/h16-20,28,34,37H,7-15H2,1-6H3. The molecule has 1 unspecified atom stereocenters. The monoisotopic (exact) mass is 628 g/mol. The van der Waals surface area contributed by atoms with Crippen LogP contribution in [0, 0.1) is 4.91 Å². The van der Waals surface area contributed by atoms with Crippen molar-refractivity contribution in [2.45, 2.75) is 70.0 Å². The highest BCUT2D eigenvalue weighted by atomic mass is 32.2. The van der Waals surface area contributed by atoms with E-state index >= 15 is 0 Å². The number of carbonyl (C=O) groups excluding carboxylic acids is 1. The molecule has 0 bridgehead atoms. The minimum Gasteiger partial charge on any atom is -0.496 e. The van der Waals surface area contributed by atoms with E-state index in [1.54, 1.807) is 18.2 Å². The molecule has 0 saturated heterocycles. The summed E-state index contributed by atoms with van der Waals surface area (Å²) in [5.41, 5.74) is 3.70. The Kier molecular flexibility index (Phi) is 13.9. The number of ether oxygens (including phenoxy) is 5. The van der Waals surface area contributed by atoms with Gasteiger partial charge in [-0.05, 0) is 41.9 Å². The Morgan fingerprint density at radius 1 is 0.795 bits per heavy atom. The van der Waals surface area contributed by atoms with Crippen LogP contribution in [0.3, 0.4) is 0 Å².